The smallest absolute Gasteiger partial charge is 0.412 e. The molecular formula is C20H20F3N7O3. The van der Waals surface area contributed by atoms with Gasteiger partial charge in [0.2, 0.25) is 5.89 Å². The second-order valence-electron chi connectivity index (χ2n) is 8.11. The molecule has 2 aromatic heterocycles. The number of benzene rings is 1. The Bertz CT molecular complexity index is 1130. The quantitative estimate of drug-likeness (QED) is 0.548. The molecule has 3 aromatic rings. The van der Waals surface area contributed by atoms with Crippen LogP contribution in [0.25, 0.3) is 11.5 Å². The third-order valence-electron chi connectivity index (χ3n) is 5.56. The fourth-order valence-electron chi connectivity index (χ4n) is 3.96. The van der Waals surface area contributed by atoms with Gasteiger partial charge >= 0.3 is 18.2 Å². The highest BCUT2D eigenvalue weighted by molar-refractivity contribution is 5.90. The van der Waals surface area contributed by atoms with Crippen molar-refractivity contribution >= 4 is 5.91 Å². The molecule has 1 aliphatic heterocycles. The molecule has 33 heavy (non-hydrogen) atoms. The molecule has 5 rings (SSSR count). The maximum Gasteiger partial charge on any atom is 0.573 e. The molecule has 1 aliphatic carbocycles. The van der Waals surface area contributed by atoms with E-state index >= 15 is 0 Å². The van der Waals surface area contributed by atoms with Crippen LogP contribution >= 0.6 is 0 Å². The van der Waals surface area contributed by atoms with E-state index in [0.29, 0.717) is 25.1 Å². The average molecular weight is 463 g/mol. The van der Waals surface area contributed by atoms with Crippen LogP contribution in [0, 0.1) is 0 Å². The van der Waals surface area contributed by atoms with Gasteiger partial charge in [-0.3, -0.25) is 9.48 Å². The second kappa shape index (κ2) is 8.46. The van der Waals surface area contributed by atoms with Crippen molar-refractivity contribution in [1.82, 2.24) is 35.6 Å². The Kier molecular flexibility index (Phi) is 5.48. The van der Waals surface area contributed by atoms with Crippen molar-refractivity contribution in [3.05, 3.63) is 42.3 Å². The van der Waals surface area contributed by atoms with Crippen LogP contribution in [0.15, 0.2) is 35.3 Å². The molecule has 2 atom stereocenters. The van der Waals surface area contributed by atoms with Gasteiger partial charge in [0.05, 0.1) is 6.54 Å². The summed E-state index contributed by atoms with van der Waals surface area (Å²) in [5, 5.41) is 17.9. The minimum Gasteiger partial charge on any atom is -0.412 e. The molecule has 3 heterocycles. The summed E-state index contributed by atoms with van der Waals surface area (Å²) < 4.78 is 49.2. The lowest BCUT2D eigenvalue weighted by Gasteiger charge is -2.12. The number of amides is 1. The Hall–Kier alpha value is -3.48. The monoisotopic (exact) mass is 463 g/mol. The molecule has 2 fully saturated rings. The van der Waals surface area contributed by atoms with Crippen molar-refractivity contribution in [2.75, 3.05) is 6.54 Å². The van der Waals surface area contributed by atoms with Gasteiger partial charge in [0.15, 0.2) is 0 Å². The number of rotatable bonds is 7. The fraction of sp³-hybridized carbons (Fsp3) is 0.450. The van der Waals surface area contributed by atoms with E-state index in [4.69, 9.17) is 4.42 Å². The Morgan fingerprint density at radius 3 is 2.88 bits per heavy atom. The molecule has 2 aliphatic rings. The highest BCUT2D eigenvalue weighted by Gasteiger charge is 2.34. The fourth-order valence-corrected chi connectivity index (χ4v) is 3.96. The summed E-state index contributed by atoms with van der Waals surface area (Å²) in [5.41, 5.74) is 1.12. The number of aromatic nitrogens is 5. The number of carbonyl (C=O) groups is 1. The maximum atomic E-state index is 12.6. The third kappa shape index (κ3) is 5.13. The first-order valence-electron chi connectivity index (χ1n) is 10.4. The number of nitrogens with zero attached hydrogens (tertiary/aromatic N) is 5. The number of hydrogen-bond donors (Lipinski definition) is 2. The van der Waals surface area contributed by atoms with Crippen molar-refractivity contribution in [3.63, 3.8) is 0 Å². The van der Waals surface area contributed by atoms with Crippen molar-refractivity contribution in [2.24, 2.45) is 0 Å². The topological polar surface area (TPSA) is 120 Å². The summed E-state index contributed by atoms with van der Waals surface area (Å²) in [5.74, 6) is -1.01. The van der Waals surface area contributed by atoms with E-state index in [1.807, 2.05) is 0 Å². The number of halogens is 3. The molecule has 174 valence electrons. The van der Waals surface area contributed by atoms with Gasteiger partial charge in [0, 0.05) is 24.2 Å². The Morgan fingerprint density at radius 1 is 1.30 bits per heavy atom. The first kappa shape index (κ1) is 21.4. The Labute approximate surface area is 185 Å². The molecule has 0 radical (unpaired) electrons. The first-order valence-corrected chi connectivity index (χ1v) is 10.4. The van der Waals surface area contributed by atoms with Crippen LogP contribution in [0.5, 0.6) is 5.75 Å². The normalized spacial score (nSPS) is 20.7. The molecule has 1 saturated heterocycles. The lowest BCUT2D eigenvalue weighted by atomic mass is 10.0. The minimum absolute atomic E-state index is 0.0247. The number of ether oxygens (including phenoxy) is 1. The molecule has 1 amide bonds. The zero-order valence-electron chi connectivity index (χ0n) is 17.2. The summed E-state index contributed by atoms with van der Waals surface area (Å²) in [7, 11) is 0. The first-order chi connectivity index (χ1) is 15.8. The van der Waals surface area contributed by atoms with E-state index in [-0.39, 0.29) is 35.5 Å². The van der Waals surface area contributed by atoms with Crippen LogP contribution in [0.3, 0.4) is 0 Å². The van der Waals surface area contributed by atoms with Crippen LogP contribution in [-0.4, -0.2) is 55.9 Å². The van der Waals surface area contributed by atoms with Gasteiger partial charge in [-0.15, -0.1) is 23.4 Å². The van der Waals surface area contributed by atoms with Crippen LogP contribution in [-0.2, 0) is 6.54 Å². The summed E-state index contributed by atoms with van der Waals surface area (Å²) >= 11 is 0. The van der Waals surface area contributed by atoms with Gasteiger partial charge in [-0.05, 0) is 42.9 Å². The number of hydrogen-bond acceptors (Lipinski definition) is 8. The van der Waals surface area contributed by atoms with Crippen molar-refractivity contribution < 1.29 is 27.1 Å². The van der Waals surface area contributed by atoms with E-state index in [1.54, 1.807) is 17.1 Å². The summed E-state index contributed by atoms with van der Waals surface area (Å²) in [4.78, 5) is 16.5. The van der Waals surface area contributed by atoms with Gasteiger partial charge in [-0.25, -0.2) is 4.98 Å². The second-order valence-corrected chi connectivity index (χ2v) is 8.11. The molecule has 13 heteroatoms. The lowest BCUT2D eigenvalue weighted by Crippen LogP contribution is -2.36. The average Bonchev–Trinajstić information content (AvgIpc) is 3.15. The number of nitrogens with one attached hydrogen (secondary N) is 2. The van der Waals surface area contributed by atoms with E-state index in [0.717, 1.165) is 18.4 Å². The molecular weight excluding hydrogens is 443 g/mol. The summed E-state index contributed by atoms with van der Waals surface area (Å²) in [6.07, 6.45) is 0.768. The highest BCUT2D eigenvalue weighted by atomic mass is 19.4. The molecule has 2 N–H and O–H groups in total. The summed E-state index contributed by atoms with van der Waals surface area (Å²) in [6, 6.07) is 4.01. The van der Waals surface area contributed by atoms with Gasteiger partial charge in [0.1, 0.15) is 18.4 Å². The SMILES string of the molecule is O=C(N[C@H]1CN[C@H](Cn2cncn2)C1)c1nnc(-c2cc(OC(F)(F)F)ccc2C2CC2)o1. The van der Waals surface area contributed by atoms with Crippen LogP contribution in [0.4, 0.5) is 13.2 Å². The van der Waals surface area contributed by atoms with Crippen LogP contribution < -0.4 is 15.4 Å². The largest absolute Gasteiger partial charge is 0.573 e. The molecule has 0 bridgehead atoms. The third-order valence-corrected chi connectivity index (χ3v) is 5.56. The van der Waals surface area contributed by atoms with Crippen molar-refractivity contribution in [3.8, 4) is 17.2 Å². The Balaban J connectivity index is 1.27. The lowest BCUT2D eigenvalue weighted by molar-refractivity contribution is -0.274. The van der Waals surface area contributed by atoms with Gasteiger partial charge in [-0.2, -0.15) is 5.10 Å². The van der Waals surface area contributed by atoms with E-state index in [2.05, 4.69) is 35.7 Å². The zero-order chi connectivity index (χ0) is 23.0. The van der Waals surface area contributed by atoms with E-state index < -0.39 is 12.3 Å². The number of alkyl halides is 3. The van der Waals surface area contributed by atoms with Crippen LogP contribution in [0.1, 0.15) is 41.4 Å². The van der Waals surface area contributed by atoms with Crippen molar-refractivity contribution in [1.29, 1.82) is 0 Å². The molecule has 0 spiro atoms. The molecule has 1 saturated carbocycles. The maximum absolute atomic E-state index is 12.6. The highest BCUT2D eigenvalue weighted by Crippen LogP contribution is 2.45. The van der Waals surface area contributed by atoms with Gasteiger partial charge in [0.25, 0.3) is 0 Å². The molecule has 10 nitrogen and oxygen atoms in total. The number of carbonyl (C=O) groups excluding carboxylic acids is 1. The summed E-state index contributed by atoms with van der Waals surface area (Å²) in [6.45, 7) is 1.19. The molecule has 0 unspecified atom stereocenters. The zero-order valence-corrected chi connectivity index (χ0v) is 17.2. The van der Waals surface area contributed by atoms with E-state index in [1.165, 1.54) is 18.5 Å². The standard InChI is InChI=1S/C20H20F3N7O3/c21-20(22,23)33-14-3-4-15(11-1-2-11)16(6-14)18-28-29-19(32-18)17(31)27-12-5-13(25-7-12)8-30-10-24-9-26-30/h3-4,6,9-13,25H,1-2,5,7-8H2,(H,27,31)/t12-,13+/m1/s1. The Morgan fingerprint density at radius 2 is 2.15 bits per heavy atom. The van der Waals surface area contributed by atoms with Gasteiger partial charge < -0.3 is 19.8 Å². The van der Waals surface area contributed by atoms with Gasteiger partial charge in [-0.1, -0.05) is 6.07 Å². The molecule has 1 aromatic carbocycles. The predicted octanol–water partition coefficient (Wildman–Crippen LogP) is 2.26. The van der Waals surface area contributed by atoms with Crippen molar-refractivity contribution in [2.45, 2.75) is 50.2 Å². The van der Waals surface area contributed by atoms with Crippen LogP contribution in [0.2, 0.25) is 0 Å². The van der Waals surface area contributed by atoms with E-state index in [9.17, 15) is 18.0 Å². The predicted molar refractivity (Wildman–Crippen MR) is 106 cm³/mol. The minimum atomic E-state index is -4.82.